The van der Waals surface area contributed by atoms with Crippen molar-refractivity contribution < 1.29 is 14.8 Å². The minimum Gasteiger partial charge on any atom is -0.387 e. The highest BCUT2D eigenvalue weighted by Gasteiger charge is 2.13. The van der Waals surface area contributed by atoms with Crippen molar-refractivity contribution in [3.63, 3.8) is 0 Å². The van der Waals surface area contributed by atoms with E-state index in [2.05, 4.69) is 5.32 Å². The molecule has 1 unspecified atom stereocenters. The van der Waals surface area contributed by atoms with Crippen molar-refractivity contribution in [3.8, 4) is 0 Å². The number of hydrogen-bond acceptors (Lipinski definition) is 4. The maximum Gasteiger partial charge on any atom is 0.269 e. The Balaban J connectivity index is 1.65. The van der Waals surface area contributed by atoms with Crippen LogP contribution in [0, 0.1) is 10.1 Å². The number of rotatable bonds is 5. The molecule has 0 aromatic heterocycles. The molecular formula is C19H16N2O4. The van der Waals surface area contributed by atoms with Crippen LogP contribution in [0.2, 0.25) is 0 Å². The second-order valence-electron chi connectivity index (χ2n) is 5.64. The molecule has 2 N–H and O–H groups in total. The Kier molecular flexibility index (Phi) is 4.72. The second kappa shape index (κ2) is 7.11. The number of non-ortho nitro benzene ring substituents is 1. The van der Waals surface area contributed by atoms with Crippen molar-refractivity contribution in [3.05, 3.63) is 88.0 Å². The van der Waals surface area contributed by atoms with E-state index in [0.29, 0.717) is 11.1 Å². The summed E-state index contributed by atoms with van der Waals surface area (Å²) in [7, 11) is 0. The van der Waals surface area contributed by atoms with Gasteiger partial charge in [-0.15, -0.1) is 0 Å². The molecule has 0 saturated carbocycles. The summed E-state index contributed by atoms with van der Waals surface area (Å²) >= 11 is 0. The fraction of sp³-hybridized carbons (Fsp3) is 0.105. The van der Waals surface area contributed by atoms with Crippen molar-refractivity contribution in [2.75, 3.05) is 6.54 Å². The summed E-state index contributed by atoms with van der Waals surface area (Å²) in [5.74, 6) is -0.394. The number of carbonyl (C=O) groups is 1. The molecule has 0 fully saturated rings. The number of nitrogens with zero attached hydrogens (tertiary/aromatic N) is 1. The zero-order valence-electron chi connectivity index (χ0n) is 13.3. The number of nitro groups is 1. The van der Waals surface area contributed by atoms with E-state index >= 15 is 0 Å². The monoisotopic (exact) mass is 336 g/mol. The van der Waals surface area contributed by atoms with Crippen LogP contribution in [0.3, 0.4) is 0 Å². The molecule has 3 aromatic carbocycles. The first-order chi connectivity index (χ1) is 12.0. The van der Waals surface area contributed by atoms with Crippen LogP contribution in [-0.4, -0.2) is 22.5 Å². The molecule has 0 bridgehead atoms. The summed E-state index contributed by atoms with van der Waals surface area (Å²) in [6.07, 6.45) is -0.841. The van der Waals surface area contributed by atoms with E-state index in [1.54, 1.807) is 0 Å². The maximum absolute atomic E-state index is 12.1. The highest BCUT2D eigenvalue weighted by atomic mass is 16.6. The van der Waals surface area contributed by atoms with Gasteiger partial charge in [0.05, 0.1) is 11.0 Å². The van der Waals surface area contributed by atoms with Crippen LogP contribution in [0.4, 0.5) is 5.69 Å². The van der Waals surface area contributed by atoms with Crippen LogP contribution in [0.5, 0.6) is 0 Å². The normalized spacial score (nSPS) is 11.9. The molecule has 1 atom stereocenters. The van der Waals surface area contributed by atoms with Crippen LogP contribution in [0.25, 0.3) is 10.8 Å². The average molecular weight is 336 g/mol. The van der Waals surface area contributed by atoms with Gasteiger partial charge in [-0.3, -0.25) is 14.9 Å². The van der Waals surface area contributed by atoms with E-state index in [1.807, 2.05) is 42.5 Å². The van der Waals surface area contributed by atoms with Crippen LogP contribution in [0.15, 0.2) is 66.7 Å². The molecule has 3 aromatic rings. The molecule has 0 saturated heterocycles. The highest BCUT2D eigenvalue weighted by Crippen LogP contribution is 2.20. The molecule has 6 heteroatoms. The lowest BCUT2D eigenvalue weighted by Gasteiger charge is -2.13. The van der Waals surface area contributed by atoms with Gasteiger partial charge in [-0.2, -0.15) is 0 Å². The minimum absolute atomic E-state index is 0.0498. The molecule has 0 radical (unpaired) electrons. The van der Waals surface area contributed by atoms with E-state index in [1.165, 1.54) is 24.3 Å². The topological polar surface area (TPSA) is 92.5 Å². The minimum atomic E-state index is -0.841. The van der Waals surface area contributed by atoms with E-state index in [9.17, 15) is 20.0 Å². The Morgan fingerprint density at radius 2 is 1.72 bits per heavy atom. The smallest absolute Gasteiger partial charge is 0.269 e. The van der Waals surface area contributed by atoms with Gasteiger partial charge < -0.3 is 10.4 Å². The summed E-state index contributed by atoms with van der Waals surface area (Å²) < 4.78 is 0. The SMILES string of the molecule is O=C(NCC(O)c1ccc2ccccc2c1)c1ccc([N+](=O)[O-])cc1. The number of carbonyl (C=O) groups excluding carboxylic acids is 1. The third kappa shape index (κ3) is 3.81. The van der Waals surface area contributed by atoms with Crippen molar-refractivity contribution in [2.45, 2.75) is 6.10 Å². The number of fused-ring (bicyclic) bond motifs is 1. The number of benzene rings is 3. The Morgan fingerprint density at radius 1 is 1.04 bits per heavy atom. The van der Waals surface area contributed by atoms with Gasteiger partial charge in [0.15, 0.2) is 0 Å². The fourth-order valence-electron chi connectivity index (χ4n) is 2.56. The number of amides is 1. The van der Waals surface area contributed by atoms with Crippen molar-refractivity contribution in [1.29, 1.82) is 0 Å². The molecule has 0 heterocycles. The molecule has 0 aliphatic heterocycles. The molecule has 0 aliphatic carbocycles. The van der Waals surface area contributed by atoms with Gasteiger partial charge in [-0.1, -0.05) is 36.4 Å². The molecule has 6 nitrogen and oxygen atoms in total. The first-order valence-corrected chi connectivity index (χ1v) is 7.74. The van der Waals surface area contributed by atoms with Gasteiger partial charge in [-0.05, 0) is 34.5 Å². The number of nitro benzene ring substituents is 1. The summed E-state index contributed by atoms with van der Waals surface area (Å²) in [6.45, 7) is 0.0498. The lowest BCUT2D eigenvalue weighted by Crippen LogP contribution is -2.28. The van der Waals surface area contributed by atoms with Gasteiger partial charge >= 0.3 is 0 Å². The fourth-order valence-corrected chi connectivity index (χ4v) is 2.56. The van der Waals surface area contributed by atoms with Crippen LogP contribution in [0.1, 0.15) is 22.0 Å². The van der Waals surface area contributed by atoms with E-state index < -0.39 is 16.9 Å². The number of hydrogen-bond donors (Lipinski definition) is 2. The predicted octanol–water partition coefficient (Wildman–Crippen LogP) is 3.21. The number of aliphatic hydroxyl groups is 1. The Labute approximate surface area is 143 Å². The van der Waals surface area contributed by atoms with E-state index in [0.717, 1.165) is 10.8 Å². The quantitative estimate of drug-likeness (QED) is 0.553. The number of nitrogens with one attached hydrogen (secondary N) is 1. The van der Waals surface area contributed by atoms with Crippen LogP contribution < -0.4 is 5.32 Å². The molecule has 1 amide bonds. The summed E-state index contributed by atoms with van der Waals surface area (Å²) in [4.78, 5) is 22.2. The van der Waals surface area contributed by atoms with Gasteiger partial charge in [-0.25, -0.2) is 0 Å². The predicted molar refractivity (Wildman–Crippen MR) is 94.3 cm³/mol. The molecular weight excluding hydrogens is 320 g/mol. The Hall–Kier alpha value is -3.25. The molecule has 25 heavy (non-hydrogen) atoms. The van der Waals surface area contributed by atoms with Crippen LogP contribution >= 0.6 is 0 Å². The van der Waals surface area contributed by atoms with Gasteiger partial charge in [0, 0.05) is 24.2 Å². The van der Waals surface area contributed by atoms with Crippen molar-refractivity contribution >= 4 is 22.4 Å². The van der Waals surface area contributed by atoms with Gasteiger partial charge in [0.1, 0.15) is 0 Å². The third-order valence-corrected chi connectivity index (χ3v) is 3.95. The Bertz CT molecular complexity index is 922. The zero-order valence-corrected chi connectivity index (χ0v) is 13.3. The maximum atomic E-state index is 12.1. The lowest BCUT2D eigenvalue weighted by atomic mass is 10.0. The largest absolute Gasteiger partial charge is 0.387 e. The summed E-state index contributed by atoms with van der Waals surface area (Å²) in [5, 5.41) is 25.6. The van der Waals surface area contributed by atoms with Gasteiger partial charge in [0.2, 0.25) is 0 Å². The van der Waals surface area contributed by atoms with Crippen LogP contribution in [-0.2, 0) is 0 Å². The summed E-state index contributed by atoms with van der Waals surface area (Å²) in [6, 6.07) is 18.8. The zero-order chi connectivity index (χ0) is 17.8. The molecule has 0 aliphatic rings. The average Bonchev–Trinajstić information content (AvgIpc) is 2.65. The van der Waals surface area contributed by atoms with E-state index in [4.69, 9.17) is 0 Å². The lowest BCUT2D eigenvalue weighted by molar-refractivity contribution is -0.384. The highest BCUT2D eigenvalue weighted by molar-refractivity contribution is 5.94. The second-order valence-corrected chi connectivity index (χ2v) is 5.64. The number of aliphatic hydroxyl groups excluding tert-OH is 1. The standard InChI is InChI=1S/C19H16N2O4/c22-18(16-6-5-13-3-1-2-4-15(13)11-16)12-20-19(23)14-7-9-17(10-8-14)21(24)25/h1-11,18,22H,12H2,(H,20,23). The van der Waals surface area contributed by atoms with Crippen molar-refractivity contribution in [2.24, 2.45) is 0 Å². The molecule has 126 valence electrons. The van der Waals surface area contributed by atoms with Gasteiger partial charge in [0.25, 0.3) is 11.6 Å². The first-order valence-electron chi connectivity index (χ1n) is 7.74. The third-order valence-electron chi connectivity index (χ3n) is 3.95. The van der Waals surface area contributed by atoms with Crippen molar-refractivity contribution in [1.82, 2.24) is 5.32 Å². The van der Waals surface area contributed by atoms with E-state index in [-0.39, 0.29) is 12.2 Å². The molecule has 3 rings (SSSR count). The first kappa shape index (κ1) is 16.6. The molecule has 0 spiro atoms. The summed E-state index contributed by atoms with van der Waals surface area (Å²) in [5.41, 5.74) is 0.937. The Morgan fingerprint density at radius 3 is 2.40 bits per heavy atom.